The second kappa shape index (κ2) is 12.6. The van der Waals surface area contributed by atoms with Crippen LogP contribution in [0.5, 0.6) is 5.75 Å². The Hall–Kier alpha value is -1.77. The SMILES string of the molecule is CCCCCCCCCCCCCCOc1c(C)c2ccccc2oc1=O. The standard InChI is InChI=1S/C24H36O3/c1-3-4-5-6-7-8-9-10-11-12-13-16-19-26-23-20(2)21-17-14-15-18-22(21)27-24(23)25/h14-15,17-18H,3-13,16,19H2,1-2H3. The average molecular weight is 373 g/mol. The summed E-state index contributed by atoms with van der Waals surface area (Å²) in [6.45, 7) is 4.78. The smallest absolute Gasteiger partial charge is 0.379 e. The number of unbranched alkanes of at least 4 members (excludes halogenated alkanes) is 11. The Kier molecular flexibility index (Phi) is 10.0. The van der Waals surface area contributed by atoms with Crippen LogP contribution in [0, 0.1) is 6.92 Å². The van der Waals surface area contributed by atoms with Crippen molar-refractivity contribution in [3.05, 3.63) is 40.2 Å². The molecule has 3 heteroatoms. The van der Waals surface area contributed by atoms with Crippen LogP contribution >= 0.6 is 0 Å². The van der Waals surface area contributed by atoms with Crippen LogP contribution in [0.15, 0.2) is 33.5 Å². The van der Waals surface area contributed by atoms with Crippen molar-refractivity contribution in [2.75, 3.05) is 6.61 Å². The number of hydrogen-bond acceptors (Lipinski definition) is 3. The highest BCUT2D eigenvalue weighted by atomic mass is 16.5. The first-order valence-electron chi connectivity index (χ1n) is 10.9. The molecule has 0 aliphatic heterocycles. The number of aryl methyl sites for hydroxylation is 1. The quantitative estimate of drug-likeness (QED) is 0.260. The first-order chi connectivity index (χ1) is 13.2. The molecule has 0 saturated heterocycles. The fraction of sp³-hybridized carbons (Fsp3) is 0.625. The van der Waals surface area contributed by atoms with Crippen molar-refractivity contribution in [3.8, 4) is 5.75 Å². The van der Waals surface area contributed by atoms with Crippen molar-refractivity contribution < 1.29 is 9.15 Å². The number of para-hydroxylation sites is 1. The van der Waals surface area contributed by atoms with E-state index in [4.69, 9.17) is 9.15 Å². The third-order valence-electron chi connectivity index (χ3n) is 5.26. The molecule has 0 aliphatic carbocycles. The highest BCUT2D eigenvalue weighted by Crippen LogP contribution is 2.23. The van der Waals surface area contributed by atoms with Crippen LogP contribution in [0.1, 0.15) is 89.5 Å². The van der Waals surface area contributed by atoms with Gasteiger partial charge in [-0.15, -0.1) is 0 Å². The van der Waals surface area contributed by atoms with E-state index in [-0.39, 0.29) is 5.63 Å². The summed E-state index contributed by atoms with van der Waals surface area (Å²) in [7, 11) is 0. The van der Waals surface area contributed by atoms with Crippen LogP contribution in [0.25, 0.3) is 11.0 Å². The molecule has 0 fully saturated rings. The fourth-order valence-electron chi connectivity index (χ4n) is 3.57. The van der Waals surface area contributed by atoms with Crippen LogP contribution in [0.4, 0.5) is 0 Å². The van der Waals surface area contributed by atoms with E-state index >= 15 is 0 Å². The van der Waals surface area contributed by atoms with Gasteiger partial charge in [-0.1, -0.05) is 95.8 Å². The van der Waals surface area contributed by atoms with Gasteiger partial charge in [-0.25, -0.2) is 4.79 Å². The number of benzene rings is 1. The molecule has 0 amide bonds. The van der Waals surface area contributed by atoms with E-state index in [1.165, 1.54) is 64.2 Å². The summed E-state index contributed by atoms with van der Waals surface area (Å²) in [5.74, 6) is 0.372. The van der Waals surface area contributed by atoms with Crippen LogP contribution in [0.2, 0.25) is 0 Å². The number of ether oxygens (including phenoxy) is 1. The van der Waals surface area contributed by atoms with E-state index in [2.05, 4.69) is 6.92 Å². The molecule has 1 heterocycles. The van der Waals surface area contributed by atoms with E-state index < -0.39 is 0 Å². The van der Waals surface area contributed by atoms with Gasteiger partial charge in [-0.05, 0) is 19.4 Å². The van der Waals surface area contributed by atoms with Gasteiger partial charge in [0.15, 0.2) is 0 Å². The minimum Gasteiger partial charge on any atom is -0.486 e. The van der Waals surface area contributed by atoms with E-state index in [1.54, 1.807) is 0 Å². The van der Waals surface area contributed by atoms with Gasteiger partial charge in [0.05, 0.1) is 6.61 Å². The molecule has 2 rings (SSSR count). The highest BCUT2D eigenvalue weighted by Gasteiger charge is 2.11. The second-order valence-electron chi connectivity index (χ2n) is 7.58. The summed E-state index contributed by atoms with van der Waals surface area (Å²) in [6, 6.07) is 7.60. The lowest BCUT2D eigenvalue weighted by Crippen LogP contribution is -2.10. The Bertz CT molecular complexity index is 717. The van der Waals surface area contributed by atoms with Crippen molar-refractivity contribution in [1.82, 2.24) is 0 Å². The van der Waals surface area contributed by atoms with Crippen molar-refractivity contribution in [2.24, 2.45) is 0 Å². The van der Waals surface area contributed by atoms with Crippen LogP contribution in [0.3, 0.4) is 0 Å². The van der Waals surface area contributed by atoms with Gasteiger partial charge in [0.2, 0.25) is 5.75 Å². The second-order valence-corrected chi connectivity index (χ2v) is 7.58. The van der Waals surface area contributed by atoms with Gasteiger partial charge in [0.1, 0.15) is 5.58 Å². The monoisotopic (exact) mass is 372 g/mol. The summed E-state index contributed by atoms with van der Waals surface area (Å²) in [4.78, 5) is 12.1. The Labute approximate surface area is 164 Å². The molecule has 0 bridgehead atoms. The number of hydrogen-bond donors (Lipinski definition) is 0. The molecular formula is C24H36O3. The predicted octanol–water partition coefficient (Wildman–Crippen LogP) is 7.18. The molecule has 0 spiro atoms. The minimum absolute atomic E-state index is 0.370. The molecule has 1 aromatic heterocycles. The summed E-state index contributed by atoms with van der Waals surface area (Å²) in [5, 5.41) is 0.946. The molecule has 0 radical (unpaired) electrons. The lowest BCUT2D eigenvalue weighted by molar-refractivity contribution is 0.288. The van der Waals surface area contributed by atoms with Crippen molar-refractivity contribution in [2.45, 2.75) is 90.9 Å². The Balaban J connectivity index is 1.56. The first-order valence-corrected chi connectivity index (χ1v) is 10.9. The molecule has 2 aromatic rings. The predicted molar refractivity (Wildman–Crippen MR) is 114 cm³/mol. The molecule has 0 aliphatic rings. The van der Waals surface area contributed by atoms with Gasteiger partial charge < -0.3 is 9.15 Å². The van der Waals surface area contributed by atoms with Crippen molar-refractivity contribution in [1.29, 1.82) is 0 Å². The number of rotatable bonds is 14. The van der Waals surface area contributed by atoms with Crippen LogP contribution < -0.4 is 10.4 Å². The maximum absolute atomic E-state index is 12.1. The Morgan fingerprint density at radius 1 is 0.815 bits per heavy atom. The maximum atomic E-state index is 12.1. The maximum Gasteiger partial charge on any atom is 0.379 e. The van der Waals surface area contributed by atoms with Gasteiger partial charge >= 0.3 is 5.63 Å². The normalized spacial score (nSPS) is 11.2. The molecule has 0 saturated carbocycles. The van der Waals surface area contributed by atoms with Gasteiger partial charge in [0.25, 0.3) is 0 Å². The lowest BCUT2D eigenvalue weighted by Gasteiger charge is -2.09. The molecule has 0 atom stereocenters. The fourth-order valence-corrected chi connectivity index (χ4v) is 3.57. The summed E-state index contributed by atoms with van der Waals surface area (Å²) >= 11 is 0. The van der Waals surface area contributed by atoms with Gasteiger partial charge in [-0.3, -0.25) is 0 Å². The highest BCUT2D eigenvalue weighted by molar-refractivity contribution is 5.81. The third kappa shape index (κ3) is 7.40. The Morgan fingerprint density at radius 2 is 1.37 bits per heavy atom. The molecular weight excluding hydrogens is 336 g/mol. The average Bonchev–Trinajstić information content (AvgIpc) is 2.67. The zero-order chi connectivity index (χ0) is 19.3. The summed E-state index contributed by atoms with van der Waals surface area (Å²) in [5.41, 5.74) is 1.13. The summed E-state index contributed by atoms with van der Waals surface area (Å²) < 4.78 is 11.1. The lowest BCUT2D eigenvalue weighted by atomic mass is 10.1. The van der Waals surface area contributed by atoms with E-state index in [0.29, 0.717) is 17.9 Å². The topological polar surface area (TPSA) is 39.4 Å². The molecule has 1 aromatic carbocycles. The zero-order valence-electron chi connectivity index (χ0n) is 17.2. The first kappa shape index (κ1) is 21.5. The van der Waals surface area contributed by atoms with E-state index in [1.807, 2.05) is 31.2 Å². The van der Waals surface area contributed by atoms with Gasteiger partial charge in [0, 0.05) is 10.9 Å². The summed E-state index contributed by atoms with van der Waals surface area (Å²) in [6.07, 6.45) is 15.8. The van der Waals surface area contributed by atoms with Crippen molar-refractivity contribution >= 4 is 11.0 Å². The zero-order valence-corrected chi connectivity index (χ0v) is 17.2. The molecule has 150 valence electrons. The largest absolute Gasteiger partial charge is 0.486 e. The van der Waals surface area contributed by atoms with Crippen LogP contribution in [-0.4, -0.2) is 6.61 Å². The molecule has 0 unspecified atom stereocenters. The Morgan fingerprint density at radius 3 is 2.00 bits per heavy atom. The van der Waals surface area contributed by atoms with Crippen molar-refractivity contribution in [3.63, 3.8) is 0 Å². The molecule has 3 nitrogen and oxygen atoms in total. The number of fused-ring (bicyclic) bond motifs is 1. The van der Waals surface area contributed by atoms with E-state index in [0.717, 1.165) is 23.8 Å². The van der Waals surface area contributed by atoms with E-state index in [9.17, 15) is 4.79 Å². The minimum atomic E-state index is -0.370. The molecule has 0 N–H and O–H groups in total. The molecule has 27 heavy (non-hydrogen) atoms. The van der Waals surface area contributed by atoms with Crippen LogP contribution in [-0.2, 0) is 0 Å². The van der Waals surface area contributed by atoms with Gasteiger partial charge in [-0.2, -0.15) is 0 Å². The third-order valence-corrected chi connectivity index (χ3v) is 5.26.